The molecule has 2 heteroatoms. The highest BCUT2D eigenvalue weighted by atomic mass is 16.5. The summed E-state index contributed by atoms with van der Waals surface area (Å²) < 4.78 is 5.42. The zero-order valence-electron chi connectivity index (χ0n) is 7.37. The Morgan fingerprint density at radius 1 is 1.64 bits per heavy atom. The number of ether oxygens (including phenoxy) is 1. The van der Waals surface area contributed by atoms with Gasteiger partial charge in [-0.1, -0.05) is 6.08 Å². The molecule has 1 aliphatic heterocycles. The summed E-state index contributed by atoms with van der Waals surface area (Å²) in [4.78, 5) is 4.33. The second-order valence-electron chi connectivity index (χ2n) is 3.12. The predicted molar refractivity (Wildman–Crippen MR) is 46.9 cm³/mol. The average Bonchev–Trinajstić information content (AvgIpc) is 1.85. The molecule has 11 heavy (non-hydrogen) atoms. The molecular weight excluding hydrogens is 138 g/mol. The van der Waals surface area contributed by atoms with Gasteiger partial charge in [-0.25, -0.2) is 4.99 Å². The van der Waals surface area contributed by atoms with Crippen molar-refractivity contribution in [2.45, 2.75) is 39.3 Å². The second kappa shape index (κ2) is 3.56. The van der Waals surface area contributed by atoms with Crippen LogP contribution in [0.1, 0.15) is 27.2 Å². The lowest BCUT2D eigenvalue weighted by molar-refractivity contribution is 0.228. The summed E-state index contributed by atoms with van der Waals surface area (Å²) in [7, 11) is 0. The first-order valence-corrected chi connectivity index (χ1v) is 4.09. The number of rotatable bonds is 1. The van der Waals surface area contributed by atoms with Gasteiger partial charge in [0, 0.05) is 0 Å². The first-order valence-electron chi connectivity index (χ1n) is 4.09. The van der Waals surface area contributed by atoms with E-state index in [1.807, 2.05) is 19.9 Å². The molecule has 0 saturated heterocycles. The maximum Gasteiger partial charge on any atom is 0.208 e. The van der Waals surface area contributed by atoms with Crippen molar-refractivity contribution in [1.82, 2.24) is 0 Å². The second-order valence-corrected chi connectivity index (χ2v) is 3.12. The van der Waals surface area contributed by atoms with Crippen LogP contribution in [-0.2, 0) is 4.74 Å². The molecule has 0 radical (unpaired) electrons. The Hall–Kier alpha value is -0.790. The van der Waals surface area contributed by atoms with E-state index in [4.69, 9.17) is 4.74 Å². The van der Waals surface area contributed by atoms with Crippen molar-refractivity contribution in [3.05, 3.63) is 12.2 Å². The monoisotopic (exact) mass is 153 g/mol. The lowest BCUT2D eigenvalue weighted by atomic mass is 10.2. The SMILES string of the molecule is CC1CC=CC(OC(C)C)=N1. The normalized spacial score (nSPS) is 23.6. The molecule has 2 nitrogen and oxygen atoms in total. The molecule has 1 atom stereocenters. The van der Waals surface area contributed by atoms with Gasteiger partial charge in [-0.2, -0.15) is 0 Å². The molecule has 62 valence electrons. The van der Waals surface area contributed by atoms with Crippen molar-refractivity contribution in [3.8, 4) is 0 Å². The van der Waals surface area contributed by atoms with Crippen LogP contribution in [0.15, 0.2) is 17.1 Å². The summed E-state index contributed by atoms with van der Waals surface area (Å²) in [5.74, 6) is 0.777. The fraction of sp³-hybridized carbons (Fsp3) is 0.667. The van der Waals surface area contributed by atoms with Gasteiger partial charge < -0.3 is 4.74 Å². The van der Waals surface area contributed by atoms with E-state index in [0.717, 1.165) is 12.3 Å². The van der Waals surface area contributed by atoms with E-state index in [9.17, 15) is 0 Å². The quantitative estimate of drug-likeness (QED) is 0.565. The van der Waals surface area contributed by atoms with Crippen LogP contribution in [0.5, 0.6) is 0 Å². The van der Waals surface area contributed by atoms with E-state index in [0.29, 0.717) is 6.04 Å². The van der Waals surface area contributed by atoms with Gasteiger partial charge in [0.2, 0.25) is 5.90 Å². The summed E-state index contributed by atoms with van der Waals surface area (Å²) in [5, 5.41) is 0. The maximum atomic E-state index is 5.42. The number of dihydropyridines is 1. The van der Waals surface area contributed by atoms with Gasteiger partial charge >= 0.3 is 0 Å². The first-order chi connectivity index (χ1) is 5.18. The molecule has 0 fully saturated rings. The van der Waals surface area contributed by atoms with E-state index in [2.05, 4.69) is 18.0 Å². The lowest BCUT2D eigenvalue weighted by Crippen LogP contribution is -2.14. The molecule has 0 aliphatic carbocycles. The van der Waals surface area contributed by atoms with Gasteiger partial charge in [0.05, 0.1) is 12.1 Å². The Balaban J connectivity index is 2.50. The summed E-state index contributed by atoms with van der Waals surface area (Å²) in [6.07, 6.45) is 5.31. The van der Waals surface area contributed by atoms with Gasteiger partial charge in [-0.15, -0.1) is 0 Å². The first kappa shape index (κ1) is 8.31. The molecule has 1 rings (SSSR count). The molecule has 0 N–H and O–H groups in total. The highest BCUT2D eigenvalue weighted by Gasteiger charge is 2.06. The van der Waals surface area contributed by atoms with Crippen molar-refractivity contribution in [3.63, 3.8) is 0 Å². The standard InChI is InChI=1S/C9H15NO/c1-7(2)11-9-6-4-5-8(3)10-9/h4,6-8H,5H2,1-3H3. The zero-order valence-corrected chi connectivity index (χ0v) is 7.37. The number of hydrogen-bond donors (Lipinski definition) is 0. The third-order valence-corrected chi connectivity index (χ3v) is 1.44. The molecule has 1 aliphatic rings. The van der Waals surface area contributed by atoms with E-state index < -0.39 is 0 Å². The Morgan fingerprint density at radius 2 is 2.36 bits per heavy atom. The summed E-state index contributed by atoms with van der Waals surface area (Å²) >= 11 is 0. The van der Waals surface area contributed by atoms with Crippen molar-refractivity contribution in [2.75, 3.05) is 0 Å². The van der Waals surface area contributed by atoms with Gasteiger partial charge in [-0.3, -0.25) is 0 Å². The molecule has 1 heterocycles. The van der Waals surface area contributed by atoms with Gasteiger partial charge in [0.1, 0.15) is 0 Å². The Bertz CT molecular complexity index is 182. The molecule has 1 unspecified atom stereocenters. The minimum absolute atomic E-state index is 0.226. The largest absolute Gasteiger partial charge is 0.475 e. The smallest absolute Gasteiger partial charge is 0.208 e. The molecule has 0 amide bonds. The highest BCUT2D eigenvalue weighted by Crippen LogP contribution is 2.07. The zero-order chi connectivity index (χ0) is 8.27. The number of nitrogens with zero attached hydrogens (tertiary/aromatic N) is 1. The van der Waals surface area contributed by atoms with Crippen molar-refractivity contribution in [1.29, 1.82) is 0 Å². The fourth-order valence-corrected chi connectivity index (χ4v) is 0.990. The molecule has 0 aromatic carbocycles. The van der Waals surface area contributed by atoms with Crippen LogP contribution in [0.2, 0.25) is 0 Å². The fourth-order valence-electron chi connectivity index (χ4n) is 0.990. The topological polar surface area (TPSA) is 21.6 Å². The van der Waals surface area contributed by atoms with Crippen LogP contribution in [0, 0.1) is 0 Å². The van der Waals surface area contributed by atoms with Crippen LogP contribution in [0.4, 0.5) is 0 Å². The third-order valence-electron chi connectivity index (χ3n) is 1.44. The molecule has 0 aromatic heterocycles. The minimum atomic E-state index is 0.226. The van der Waals surface area contributed by atoms with Crippen molar-refractivity contribution >= 4 is 5.90 Å². The third kappa shape index (κ3) is 2.74. The van der Waals surface area contributed by atoms with Crippen LogP contribution in [0.3, 0.4) is 0 Å². The van der Waals surface area contributed by atoms with E-state index in [1.54, 1.807) is 0 Å². The van der Waals surface area contributed by atoms with E-state index in [-0.39, 0.29) is 6.10 Å². The van der Waals surface area contributed by atoms with Crippen molar-refractivity contribution in [2.24, 2.45) is 4.99 Å². The van der Waals surface area contributed by atoms with E-state index >= 15 is 0 Å². The van der Waals surface area contributed by atoms with Crippen LogP contribution in [-0.4, -0.2) is 18.0 Å². The molecular formula is C9H15NO. The number of hydrogen-bond acceptors (Lipinski definition) is 2. The Kier molecular flexibility index (Phi) is 2.69. The summed E-state index contributed by atoms with van der Waals surface area (Å²) in [5.41, 5.74) is 0. The summed E-state index contributed by atoms with van der Waals surface area (Å²) in [6, 6.07) is 0.383. The van der Waals surface area contributed by atoms with Crippen LogP contribution in [0.25, 0.3) is 0 Å². The molecule has 0 saturated carbocycles. The molecule has 0 aromatic rings. The van der Waals surface area contributed by atoms with Crippen molar-refractivity contribution < 1.29 is 4.74 Å². The highest BCUT2D eigenvalue weighted by molar-refractivity contribution is 5.88. The summed E-state index contributed by atoms with van der Waals surface area (Å²) in [6.45, 7) is 6.11. The lowest BCUT2D eigenvalue weighted by Gasteiger charge is -2.14. The average molecular weight is 153 g/mol. The van der Waals surface area contributed by atoms with Crippen LogP contribution >= 0.6 is 0 Å². The maximum absolute atomic E-state index is 5.42. The Labute approximate surface area is 68.0 Å². The number of aliphatic imine (C=N–C) groups is 1. The molecule has 0 spiro atoms. The van der Waals surface area contributed by atoms with E-state index in [1.165, 1.54) is 0 Å². The van der Waals surface area contributed by atoms with Gasteiger partial charge in [-0.05, 0) is 33.3 Å². The minimum Gasteiger partial charge on any atom is -0.475 e. The van der Waals surface area contributed by atoms with Gasteiger partial charge in [0.25, 0.3) is 0 Å². The Morgan fingerprint density at radius 3 is 2.91 bits per heavy atom. The van der Waals surface area contributed by atoms with Gasteiger partial charge in [0.15, 0.2) is 0 Å². The predicted octanol–water partition coefficient (Wildman–Crippen LogP) is 2.16. The van der Waals surface area contributed by atoms with Crippen LogP contribution < -0.4 is 0 Å². The molecule has 0 bridgehead atoms.